The molecular weight excluding hydrogens is 378 g/mol. The summed E-state index contributed by atoms with van der Waals surface area (Å²) in [4.78, 5) is 39.5. The SMILES string of the molecule is Cc1cc(C(=O)CN2C(=O)N[C@@](C)(c3ccccc3Cl)C2=O)c(C)n1C1CC1. The molecule has 0 radical (unpaired) electrons. The van der Waals surface area contributed by atoms with Crippen LogP contribution in [0, 0.1) is 13.8 Å². The first-order valence-electron chi connectivity index (χ1n) is 9.34. The van der Waals surface area contributed by atoms with Crippen LogP contribution in [0.1, 0.15) is 53.1 Å². The van der Waals surface area contributed by atoms with Crippen molar-refractivity contribution in [1.82, 2.24) is 14.8 Å². The molecule has 2 aromatic rings. The van der Waals surface area contributed by atoms with E-state index >= 15 is 0 Å². The van der Waals surface area contributed by atoms with E-state index in [0.29, 0.717) is 22.2 Å². The van der Waals surface area contributed by atoms with Crippen molar-refractivity contribution >= 4 is 29.3 Å². The number of aromatic nitrogens is 1. The maximum Gasteiger partial charge on any atom is 0.325 e. The van der Waals surface area contributed by atoms with Gasteiger partial charge in [0, 0.05) is 33.6 Å². The topological polar surface area (TPSA) is 71.4 Å². The zero-order valence-electron chi connectivity index (χ0n) is 16.1. The molecule has 1 aromatic heterocycles. The number of nitrogens with zero attached hydrogens (tertiary/aromatic N) is 2. The Kier molecular flexibility index (Phi) is 4.34. The minimum absolute atomic E-state index is 0.244. The van der Waals surface area contributed by atoms with Crippen LogP contribution in [0.3, 0.4) is 0 Å². The van der Waals surface area contributed by atoms with Crippen molar-refractivity contribution in [3.63, 3.8) is 0 Å². The second kappa shape index (κ2) is 6.48. The second-order valence-electron chi connectivity index (χ2n) is 7.74. The number of hydrogen-bond acceptors (Lipinski definition) is 3. The first kappa shape index (κ1) is 18.7. The molecule has 1 aliphatic carbocycles. The molecule has 1 aromatic carbocycles. The molecule has 146 valence electrons. The molecule has 0 bridgehead atoms. The maximum absolute atomic E-state index is 13.1. The lowest BCUT2D eigenvalue weighted by Crippen LogP contribution is -2.41. The quantitative estimate of drug-likeness (QED) is 0.615. The third-order valence-electron chi connectivity index (χ3n) is 5.69. The molecule has 2 heterocycles. The van der Waals surface area contributed by atoms with Gasteiger partial charge in [-0.25, -0.2) is 4.79 Å². The zero-order valence-corrected chi connectivity index (χ0v) is 16.8. The van der Waals surface area contributed by atoms with Gasteiger partial charge in [-0.1, -0.05) is 29.8 Å². The molecule has 2 aliphatic rings. The lowest BCUT2D eigenvalue weighted by Gasteiger charge is -2.23. The smallest absolute Gasteiger partial charge is 0.325 e. The van der Waals surface area contributed by atoms with Gasteiger partial charge in [-0.3, -0.25) is 14.5 Å². The highest BCUT2D eigenvalue weighted by Gasteiger charge is 2.50. The second-order valence-corrected chi connectivity index (χ2v) is 8.14. The number of halogens is 1. The average molecular weight is 400 g/mol. The van der Waals surface area contributed by atoms with Crippen LogP contribution in [0.5, 0.6) is 0 Å². The van der Waals surface area contributed by atoms with Crippen molar-refractivity contribution < 1.29 is 14.4 Å². The van der Waals surface area contributed by atoms with Crippen molar-refractivity contribution in [2.45, 2.75) is 45.2 Å². The van der Waals surface area contributed by atoms with Gasteiger partial charge in [-0.15, -0.1) is 0 Å². The monoisotopic (exact) mass is 399 g/mol. The van der Waals surface area contributed by atoms with Crippen LogP contribution in [0.25, 0.3) is 0 Å². The van der Waals surface area contributed by atoms with E-state index in [1.54, 1.807) is 31.2 Å². The van der Waals surface area contributed by atoms with Crippen LogP contribution in [0.2, 0.25) is 5.02 Å². The minimum Gasteiger partial charge on any atom is -0.345 e. The third kappa shape index (κ3) is 2.83. The average Bonchev–Trinajstić information content (AvgIpc) is 3.39. The number of hydrogen-bond donors (Lipinski definition) is 1. The fourth-order valence-corrected chi connectivity index (χ4v) is 4.40. The van der Waals surface area contributed by atoms with E-state index in [4.69, 9.17) is 11.6 Å². The van der Waals surface area contributed by atoms with E-state index in [1.807, 2.05) is 19.9 Å². The van der Waals surface area contributed by atoms with Gasteiger partial charge in [-0.2, -0.15) is 0 Å². The van der Waals surface area contributed by atoms with Crippen molar-refractivity contribution in [2.24, 2.45) is 0 Å². The Balaban J connectivity index is 1.60. The Hall–Kier alpha value is -2.60. The molecular formula is C21H22ClN3O3. The summed E-state index contributed by atoms with van der Waals surface area (Å²) < 4.78 is 2.17. The number of benzene rings is 1. The molecule has 1 N–H and O–H groups in total. The van der Waals surface area contributed by atoms with E-state index < -0.39 is 17.5 Å². The molecule has 28 heavy (non-hydrogen) atoms. The molecule has 6 nitrogen and oxygen atoms in total. The van der Waals surface area contributed by atoms with Crippen LogP contribution in [-0.2, 0) is 10.3 Å². The van der Waals surface area contributed by atoms with Gasteiger partial charge in [0.15, 0.2) is 5.78 Å². The fourth-order valence-electron chi connectivity index (χ4n) is 4.07. The maximum atomic E-state index is 13.1. The number of imide groups is 1. The van der Waals surface area contributed by atoms with Gasteiger partial charge in [0.1, 0.15) is 5.54 Å². The van der Waals surface area contributed by atoms with Crippen molar-refractivity contribution in [2.75, 3.05) is 6.54 Å². The molecule has 1 saturated carbocycles. The van der Waals surface area contributed by atoms with Crippen molar-refractivity contribution in [3.8, 4) is 0 Å². The zero-order chi connectivity index (χ0) is 20.2. The van der Waals surface area contributed by atoms with Gasteiger partial charge in [0.2, 0.25) is 0 Å². The van der Waals surface area contributed by atoms with E-state index in [0.717, 1.165) is 29.1 Å². The predicted molar refractivity (Wildman–Crippen MR) is 106 cm³/mol. The molecule has 0 spiro atoms. The molecule has 3 amide bonds. The number of nitrogens with one attached hydrogen (secondary N) is 1. The van der Waals surface area contributed by atoms with E-state index in [2.05, 4.69) is 9.88 Å². The van der Waals surface area contributed by atoms with Crippen molar-refractivity contribution in [1.29, 1.82) is 0 Å². The number of urea groups is 1. The van der Waals surface area contributed by atoms with Gasteiger partial charge in [0.05, 0.1) is 6.54 Å². The van der Waals surface area contributed by atoms with Crippen LogP contribution < -0.4 is 5.32 Å². The molecule has 2 fully saturated rings. The highest BCUT2D eigenvalue weighted by Crippen LogP contribution is 2.38. The Morgan fingerprint density at radius 3 is 2.57 bits per heavy atom. The van der Waals surface area contributed by atoms with E-state index in [-0.39, 0.29) is 12.3 Å². The van der Waals surface area contributed by atoms with Crippen LogP contribution in [-0.4, -0.2) is 33.7 Å². The molecule has 1 saturated heterocycles. The van der Waals surface area contributed by atoms with Gasteiger partial charge in [-0.05, 0) is 45.7 Å². The van der Waals surface area contributed by atoms with Crippen molar-refractivity contribution in [3.05, 3.63) is 57.9 Å². The largest absolute Gasteiger partial charge is 0.345 e. The molecule has 0 unspecified atom stereocenters. The summed E-state index contributed by atoms with van der Waals surface area (Å²) in [5, 5.41) is 3.09. The summed E-state index contributed by atoms with van der Waals surface area (Å²) in [7, 11) is 0. The van der Waals surface area contributed by atoms with Gasteiger partial charge >= 0.3 is 6.03 Å². The minimum atomic E-state index is -1.29. The number of carbonyl (C=O) groups excluding carboxylic acids is 3. The fraction of sp³-hybridized carbons (Fsp3) is 0.381. The first-order chi connectivity index (χ1) is 13.2. The Bertz CT molecular complexity index is 1010. The summed E-state index contributed by atoms with van der Waals surface area (Å²) in [5.74, 6) is -0.721. The van der Waals surface area contributed by atoms with Crippen LogP contribution in [0.4, 0.5) is 4.79 Å². The number of ketones is 1. The van der Waals surface area contributed by atoms with E-state index in [1.165, 1.54) is 0 Å². The van der Waals surface area contributed by atoms with Crippen LogP contribution in [0.15, 0.2) is 30.3 Å². The Morgan fingerprint density at radius 1 is 1.25 bits per heavy atom. The summed E-state index contributed by atoms with van der Waals surface area (Å²) in [6.07, 6.45) is 2.24. The number of Topliss-reactive ketones (excluding diaryl/α,β-unsaturated/α-hetero) is 1. The Morgan fingerprint density at radius 2 is 1.93 bits per heavy atom. The number of rotatable bonds is 5. The lowest BCUT2D eigenvalue weighted by atomic mass is 9.92. The molecule has 1 aliphatic heterocycles. The lowest BCUT2D eigenvalue weighted by molar-refractivity contribution is -0.130. The number of aryl methyl sites for hydroxylation is 1. The summed E-state index contributed by atoms with van der Waals surface area (Å²) in [6.45, 7) is 5.21. The normalized spacial score (nSPS) is 21.9. The summed E-state index contributed by atoms with van der Waals surface area (Å²) in [6, 6.07) is 8.61. The number of carbonyl (C=O) groups is 3. The Labute approximate surface area is 168 Å². The number of amides is 3. The standard InChI is InChI=1S/C21H22ClN3O3/c1-12-10-15(13(2)25(12)14-8-9-14)18(26)11-24-19(27)21(3,23-20(24)28)16-6-4-5-7-17(16)22/h4-7,10,14H,8-9,11H2,1-3H3,(H,23,28)/t21-/m0/s1. The molecule has 1 atom stereocenters. The predicted octanol–water partition coefficient (Wildman–Crippen LogP) is 3.74. The van der Waals surface area contributed by atoms with Gasteiger partial charge < -0.3 is 9.88 Å². The highest BCUT2D eigenvalue weighted by molar-refractivity contribution is 6.32. The first-order valence-corrected chi connectivity index (χ1v) is 9.72. The highest BCUT2D eigenvalue weighted by atomic mass is 35.5. The van der Waals surface area contributed by atoms with Crippen LogP contribution >= 0.6 is 11.6 Å². The summed E-state index contributed by atoms with van der Waals surface area (Å²) >= 11 is 6.24. The third-order valence-corrected chi connectivity index (χ3v) is 6.02. The summed E-state index contributed by atoms with van der Waals surface area (Å²) in [5.41, 5.74) is 1.71. The van der Waals surface area contributed by atoms with Gasteiger partial charge in [0.25, 0.3) is 5.91 Å². The van der Waals surface area contributed by atoms with E-state index in [9.17, 15) is 14.4 Å². The molecule has 7 heteroatoms. The molecule has 4 rings (SSSR count).